The molecule has 4 nitrogen and oxygen atoms in total. The van der Waals surface area contributed by atoms with E-state index in [0.717, 1.165) is 0 Å². The van der Waals surface area contributed by atoms with Crippen molar-refractivity contribution in [1.29, 1.82) is 0 Å². The Labute approximate surface area is 100 Å². The van der Waals surface area contributed by atoms with E-state index in [-0.39, 0.29) is 19.5 Å². The van der Waals surface area contributed by atoms with Crippen molar-refractivity contribution < 1.29 is 21.6 Å². The maximum Gasteiger partial charge on any atom is 0.389 e. The predicted molar refractivity (Wildman–Crippen MR) is 60.2 cm³/mol. The van der Waals surface area contributed by atoms with Gasteiger partial charge in [0.2, 0.25) is 10.0 Å². The second kappa shape index (κ2) is 7.17. The first-order valence-electron chi connectivity index (χ1n) is 5.45. The van der Waals surface area contributed by atoms with E-state index >= 15 is 0 Å². The molecule has 0 aliphatic carbocycles. The Bertz CT molecular complexity index is 304. The van der Waals surface area contributed by atoms with Gasteiger partial charge in [0.25, 0.3) is 0 Å². The van der Waals surface area contributed by atoms with Crippen molar-refractivity contribution in [3.8, 4) is 0 Å². The van der Waals surface area contributed by atoms with Crippen LogP contribution in [0, 0.1) is 0 Å². The van der Waals surface area contributed by atoms with E-state index in [9.17, 15) is 21.6 Å². The summed E-state index contributed by atoms with van der Waals surface area (Å²) in [5, 5.41) is 2.21. The van der Waals surface area contributed by atoms with E-state index in [4.69, 9.17) is 0 Å². The highest BCUT2D eigenvalue weighted by molar-refractivity contribution is 7.90. The molecule has 0 aliphatic heterocycles. The van der Waals surface area contributed by atoms with Crippen molar-refractivity contribution in [1.82, 2.24) is 10.0 Å². The molecular weight excluding hydrogens is 257 g/mol. The van der Waals surface area contributed by atoms with Gasteiger partial charge >= 0.3 is 6.18 Å². The zero-order valence-corrected chi connectivity index (χ0v) is 10.8. The number of nitrogens with one attached hydrogen (secondary N) is 2. The van der Waals surface area contributed by atoms with Gasteiger partial charge in [-0.15, -0.1) is 0 Å². The van der Waals surface area contributed by atoms with Crippen LogP contribution in [0.1, 0.15) is 26.7 Å². The summed E-state index contributed by atoms with van der Waals surface area (Å²) in [4.78, 5) is 0. The van der Waals surface area contributed by atoms with E-state index in [1.54, 1.807) is 0 Å². The molecule has 0 aliphatic rings. The van der Waals surface area contributed by atoms with Gasteiger partial charge in [-0.2, -0.15) is 13.2 Å². The molecule has 0 amide bonds. The average Bonchev–Trinajstić information content (AvgIpc) is 2.19. The van der Waals surface area contributed by atoms with Crippen LogP contribution in [0.4, 0.5) is 13.2 Å². The fraction of sp³-hybridized carbons (Fsp3) is 1.00. The maximum atomic E-state index is 11.8. The van der Waals surface area contributed by atoms with Crippen molar-refractivity contribution in [3.63, 3.8) is 0 Å². The van der Waals surface area contributed by atoms with E-state index in [1.165, 1.54) is 6.92 Å². The minimum atomic E-state index is -4.24. The summed E-state index contributed by atoms with van der Waals surface area (Å²) >= 11 is 0. The van der Waals surface area contributed by atoms with Crippen molar-refractivity contribution in [2.75, 3.05) is 19.6 Å². The van der Waals surface area contributed by atoms with Crippen LogP contribution in [0.15, 0.2) is 0 Å². The van der Waals surface area contributed by atoms with Gasteiger partial charge in [-0.25, -0.2) is 13.1 Å². The normalized spacial score (nSPS) is 14.9. The van der Waals surface area contributed by atoms with Crippen LogP contribution in [-0.4, -0.2) is 39.5 Å². The number of hydrogen-bond donors (Lipinski definition) is 2. The standard InChI is InChI=1S/C9H19F3N2O2S/c1-3-13-7-8(2)17(15,16)14-6-4-5-9(10,11)12/h8,13-14H,3-7H2,1-2H3. The monoisotopic (exact) mass is 276 g/mol. The summed E-state index contributed by atoms with van der Waals surface area (Å²) in [6.07, 6.45) is -5.45. The van der Waals surface area contributed by atoms with Crippen LogP contribution in [0.3, 0.4) is 0 Å². The molecule has 0 saturated heterocycles. The second-order valence-corrected chi connectivity index (χ2v) is 5.96. The number of rotatable bonds is 8. The van der Waals surface area contributed by atoms with E-state index in [0.29, 0.717) is 6.54 Å². The maximum absolute atomic E-state index is 11.8. The summed E-state index contributed by atoms with van der Waals surface area (Å²) in [5.41, 5.74) is 0. The minimum absolute atomic E-state index is 0.182. The molecule has 1 atom stereocenters. The van der Waals surface area contributed by atoms with E-state index in [2.05, 4.69) is 10.0 Å². The number of alkyl halides is 3. The van der Waals surface area contributed by atoms with Gasteiger partial charge in [0.05, 0.1) is 5.25 Å². The topological polar surface area (TPSA) is 58.2 Å². The Morgan fingerprint density at radius 2 is 1.88 bits per heavy atom. The SMILES string of the molecule is CCNCC(C)S(=O)(=O)NCCCC(F)(F)F. The lowest BCUT2D eigenvalue weighted by Gasteiger charge is -2.14. The van der Waals surface area contributed by atoms with E-state index < -0.39 is 27.9 Å². The van der Waals surface area contributed by atoms with Crippen LogP contribution in [-0.2, 0) is 10.0 Å². The molecule has 1 unspecified atom stereocenters. The van der Waals surface area contributed by atoms with Crippen LogP contribution >= 0.6 is 0 Å². The first-order valence-corrected chi connectivity index (χ1v) is 6.99. The first-order chi connectivity index (χ1) is 7.69. The van der Waals surface area contributed by atoms with Gasteiger partial charge < -0.3 is 5.32 Å². The third-order valence-corrected chi connectivity index (χ3v) is 3.98. The lowest BCUT2D eigenvalue weighted by Crippen LogP contribution is -2.39. The molecule has 0 heterocycles. The molecule has 17 heavy (non-hydrogen) atoms. The summed E-state index contributed by atoms with van der Waals surface area (Å²) in [6, 6.07) is 0. The highest BCUT2D eigenvalue weighted by Crippen LogP contribution is 2.20. The highest BCUT2D eigenvalue weighted by Gasteiger charge is 2.26. The molecular formula is C9H19F3N2O2S. The van der Waals surface area contributed by atoms with Crippen LogP contribution in [0.5, 0.6) is 0 Å². The van der Waals surface area contributed by atoms with E-state index in [1.807, 2.05) is 6.92 Å². The molecule has 0 aromatic rings. The van der Waals surface area contributed by atoms with Gasteiger partial charge in [-0.1, -0.05) is 6.92 Å². The Hall–Kier alpha value is -0.340. The molecule has 104 valence electrons. The second-order valence-electron chi connectivity index (χ2n) is 3.78. The first kappa shape index (κ1) is 16.7. The largest absolute Gasteiger partial charge is 0.389 e. The zero-order valence-electron chi connectivity index (χ0n) is 9.97. The van der Waals surface area contributed by atoms with Crippen LogP contribution < -0.4 is 10.0 Å². The minimum Gasteiger partial charge on any atom is -0.316 e. The molecule has 0 spiro atoms. The van der Waals surface area contributed by atoms with Gasteiger partial charge in [0.1, 0.15) is 0 Å². The average molecular weight is 276 g/mol. The highest BCUT2D eigenvalue weighted by atomic mass is 32.2. The van der Waals surface area contributed by atoms with Crippen molar-refractivity contribution in [2.45, 2.75) is 38.1 Å². The third kappa shape index (κ3) is 8.39. The fourth-order valence-corrected chi connectivity index (χ4v) is 2.15. The van der Waals surface area contributed by atoms with Gasteiger partial charge in [0, 0.05) is 19.5 Å². The van der Waals surface area contributed by atoms with Crippen LogP contribution in [0.2, 0.25) is 0 Å². The molecule has 0 saturated carbocycles. The Balaban J connectivity index is 3.93. The Morgan fingerprint density at radius 1 is 1.29 bits per heavy atom. The number of halogens is 3. The smallest absolute Gasteiger partial charge is 0.316 e. The molecule has 0 rings (SSSR count). The summed E-state index contributed by atoms with van der Waals surface area (Å²) < 4.78 is 60.7. The number of hydrogen-bond acceptors (Lipinski definition) is 3. The summed E-state index contributed by atoms with van der Waals surface area (Å²) in [6.45, 7) is 4.10. The lowest BCUT2D eigenvalue weighted by atomic mass is 10.3. The molecule has 0 aromatic heterocycles. The molecule has 0 aromatic carbocycles. The molecule has 8 heteroatoms. The fourth-order valence-electron chi connectivity index (χ4n) is 1.10. The molecule has 0 fully saturated rings. The van der Waals surface area contributed by atoms with Gasteiger partial charge in [-0.05, 0) is 19.9 Å². The Kier molecular flexibility index (Phi) is 7.03. The van der Waals surface area contributed by atoms with Gasteiger partial charge in [-0.3, -0.25) is 0 Å². The zero-order chi connectivity index (χ0) is 13.5. The van der Waals surface area contributed by atoms with Gasteiger partial charge in [0.15, 0.2) is 0 Å². The predicted octanol–water partition coefficient (Wildman–Crippen LogP) is 1.25. The van der Waals surface area contributed by atoms with Crippen molar-refractivity contribution >= 4 is 10.0 Å². The van der Waals surface area contributed by atoms with Crippen molar-refractivity contribution in [3.05, 3.63) is 0 Å². The summed E-state index contributed by atoms with van der Waals surface area (Å²) in [7, 11) is -3.53. The lowest BCUT2D eigenvalue weighted by molar-refractivity contribution is -0.135. The number of sulfonamides is 1. The van der Waals surface area contributed by atoms with Crippen molar-refractivity contribution in [2.24, 2.45) is 0 Å². The summed E-state index contributed by atoms with van der Waals surface area (Å²) in [5.74, 6) is 0. The quantitative estimate of drug-likeness (QED) is 0.656. The third-order valence-electron chi connectivity index (χ3n) is 2.15. The Morgan fingerprint density at radius 3 is 2.35 bits per heavy atom. The molecule has 0 radical (unpaired) electrons. The van der Waals surface area contributed by atoms with Crippen LogP contribution in [0.25, 0.3) is 0 Å². The molecule has 0 bridgehead atoms. The molecule has 2 N–H and O–H groups in total.